The Labute approximate surface area is 138 Å². The molecule has 1 aromatic heterocycles. The second-order valence-corrected chi connectivity index (χ2v) is 5.59. The molecule has 1 amide bonds. The number of nitrogens with zero attached hydrogens (tertiary/aromatic N) is 1. The minimum atomic E-state index is -4.35. The summed E-state index contributed by atoms with van der Waals surface area (Å²) in [6.45, 7) is 3.82. The molecule has 0 saturated carbocycles. The zero-order chi connectivity index (χ0) is 17.7. The molecule has 0 saturated heterocycles. The van der Waals surface area contributed by atoms with Crippen molar-refractivity contribution in [1.82, 2.24) is 10.3 Å². The topological polar surface area (TPSA) is 55.1 Å². The number of benzene rings is 1. The van der Waals surface area contributed by atoms with Gasteiger partial charge in [-0.15, -0.1) is 0 Å². The van der Waals surface area contributed by atoms with Crippen LogP contribution in [0.25, 0.3) is 0 Å². The van der Waals surface area contributed by atoms with Crippen LogP contribution in [0.5, 0.6) is 0 Å². The Morgan fingerprint density at radius 1 is 1.29 bits per heavy atom. The number of nitrogens with one attached hydrogen (secondary N) is 1. The highest BCUT2D eigenvalue weighted by Crippen LogP contribution is 2.29. The summed E-state index contributed by atoms with van der Waals surface area (Å²) in [7, 11) is 0. The molecule has 0 unspecified atom stereocenters. The third-order valence-corrected chi connectivity index (χ3v) is 3.71. The molecule has 1 heterocycles. The number of hydrogen-bond acceptors (Lipinski definition) is 3. The summed E-state index contributed by atoms with van der Waals surface area (Å²) >= 11 is 0. The zero-order valence-electron chi connectivity index (χ0n) is 13.5. The fourth-order valence-electron chi connectivity index (χ4n) is 2.33. The van der Waals surface area contributed by atoms with Crippen molar-refractivity contribution >= 4 is 5.91 Å². The number of carbonyl (C=O) groups is 1. The average molecular weight is 340 g/mol. The van der Waals surface area contributed by atoms with Gasteiger partial charge < -0.3 is 9.73 Å². The number of aryl methyl sites for hydroxylation is 1. The van der Waals surface area contributed by atoms with Gasteiger partial charge in [-0.1, -0.05) is 19.1 Å². The zero-order valence-corrected chi connectivity index (χ0v) is 13.5. The van der Waals surface area contributed by atoms with E-state index in [9.17, 15) is 18.0 Å². The first-order valence-corrected chi connectivity index (χ1v) is 7.64. The van der Waals surface area contributed by atoms with Crippen molar-refractivity contribution in [2.24, 2.45) is 5.92 Å². The highest BCUT2D eigenvalue weighted by atomic mass is 19.4. The predicted octanol–water partition coefficient (Wildman–Crippen LogP) is 3.89. The van der Waals surface area contributed by atoms with Gasteiger partial charge in [0.15, 0.2) is 0 Å². The van der Waals surface area contributed by atoms with Gasteiger partial charge >= 0.3 is 6.18 Å². The first-order chi connectivity index (χ1) is 11.3. The number of halogens is 3. The largest absolute Gasteiger partial charge is 0.444 e. The van der Waals surface area contributed by atoms with E-state index in [1.165, 1.54) is 12.1 Å². The van der Waals surface area contributed by atoms with Gasteiger partial charge in [0.05, 0.1) is 18.3 Å². The van der Waals surface area contributed by atoms with Crippen LogP contribution in [-0.2, 0) is 23.9 Å². The van der Waals surface area contributed by atoms with E-state index in [4.69, 9.17) is 4.42 Å². The molecule has 130 valence electrons. The van der Waals surface area contributed by atoms with Gasteiger partial charge in [-0.25, -0.2) is 4.98 Å². The molecule has 0 fully saturated rings. The Balaban J connectivity index is 1.94. The van der Waals surface area contributed by atoms with Crippen molar-refractivity contribution in [1.29, 1.82) is 0 Å². The van der Waals surface area contributed by atoms with E-state index in [1.54, 1.807) is 13.1 Å². The number of carbonyl (C=O) groups excluding carboxylic acids is 1. The number of alkyl halides is 3. The maximum Gasteiger partial charge on any atom is 0.416 e. The molecular formula is C17H19F3N2O2. The molecule has 1 N–H and O–H groups in total. The SMILES string of the molecule is CC[C@H](Cc1ccc(C(F)(F)F)cc1)C(=O)NCc1ncc(C)o1. The van der Waals surface area contributed by atoms with Gasteiger partial charge in [0.25, 0.3) is 0 Å². The summed E-state index contributed by atoms with van der Waals surface area (Å²) in [6.07, 6.45) is -1.82. The van der Waals surface area contributed by atoms with Crippen LogP contribution in [0.2, 0.25) is 0 Å². The van der Waals surface area contributed by atoms with E-state index >= 15 is 0 Å². The van der Waals surface area contributed by atoms with Crippen molar-refractivity contribution in [2.75, 3.05) is 0 Å². The van der Waals surface area contributed by atoms with Gasteiger partial charge in [-0.05, 0) is 37.5 Å². The number of rotatable bonds is 6. The van der Waals surface area contributed by atoms with Crippen LogP contribution < -0.4 is 5.32 Å². The maximum absolute atomic E-state index is 12.6. The lowest BCUT2D eigenvalue weighted by atomic mass is 9.95. The molecule has 0 bridgehead atoms. The predicted molar refractivity (Wildman–Crippen MR) is 82.0 cm³/mol. The van der Waals surface area contributed by atoms with Crippen molar-refractivity contribution in [2.45, 2.75) is 39.4 Å². The quantitative estimate of drug-likeness (QED) is 0.868. The minimum absolute atomic E-state index is 0.173. The Kier molecular flexibility index (Phi) is 5.64. The molecule has 0 aliphatic rings. The highest BCUT2D eigenvalue weighted by Gasteiger charge is 2.30. The maximum atomic E-state index is 12.6. The molecule has 7 heteroatoms. The van der Waals surface area contributed by atoms with Gasteiger partial charge in [0.2, 0.25) is 11.8 Å². The van der Waals surface area contributed by atoms with Gasteiger partial charge in [-0.3, -0.25) is 4.79 Å². The number of hydrogen-bond donors (Lipinski definition) is 1. The highest BCUT2D eigenvalue weighted by molar-refractivity contribution is 5.78. The van der Waals surface area contributed by atoms with Gasteiger partial charge in [0, 0.05) is 5.92 Å². The molecule has 1 aromatic carbocycles. The van der Waals surface area contributed by atoms with Crippen molar-refractivity contribution in [3.63, 3.8) is 0 Å². The van der Waals surface area contributed by atoms with Crippen LogP contribution in [0.3, 0.4) is 0 Å². The summed E-state index contributed by atoms with van der Waals surface area (Å²) in [4.78, 5) is 16.2. The smallest absolute Gasteiger partial charge is 0.416 e. The Hall–Kier alpha value is -2.31. The van der Waals surface area contributed by atoms with Crippen LogP contribution in [-0.4, -0.2) is 10.9 Å². The van der Waals surface area contributed by atoms with Crippen LogP contribution in [0.1, 0.15) is 36.1 Å². The summed E-state index contributed by atoms with van der Waals surface area (Å²) in [5.74, 6) is 0.590. The standard InChI is InChI=1S/C17H19F3N2O2/c1-3-13(16(23)22-10-15-21-9-11(2)24-15)8-12-4-6-14(7-5-12)17(18,19)20/h4-7,9,13H,3,8,10H2,1-2H3,(H,22,23)/t13-/m1/s1. The lowest BCUT2D eigenvalue weighted by Crippen LogP contribution is -2.31. The van der Waals surface area contributed by atoms with Crippen LogP contribution in [0.4, 0.5) is 13.2 Å². The first kappa shape index (κ1) is 18.0. The lowest BCUT2D eigenvalue weighted by Gasteiger charge is -2.15. The molecule has 2 rings (SSSR count). The third kappa shape index (κ3) is 4.84. The summed E-state index contributed by atoms with van der Waals surface area (Å²) in [5, 5.41) is 2.74. The Morgan fingerprint density at radius 3 is 2.46 bits per heavy atom. The molecule has 0 radical (unpaired) electrons. The van der Waals surface area contributed by atoms with Gasteiger partial charge in [-0.2, -0.15) is 13.2 Å². The minimum Gasteiger partial charge on any atom is -0.444 e. The van der Waals surface area contributed by atoms with E-state index in [0.29, 0.717) is 30.1 Å². The van der Waals surface area contributed by atoms with E-state index in [2.05, 4.69) is 10.3 Å². The van der Waals surface area contributed by atoms with Crippen molar-refractivity contribution in [3.8, 4) is 0 Å². The molecule has 0 aliphatic heterocycles. The Morgan fingerprint density at radius 2 is 1.96 bits per heavy atom. The van der Waals surface area contributed by atoms with Crippen LogP contribution in [0.15, 0.2) is 34.9 Å². The summed E-state index contributed by atoms with van der Waals surface area (Å²) < 4.78 is 43.0. The van der Waals surface area contributed by atoms with E-state index in [0.717, 1.165) is 12.1 Å². The van der Waals surface area contributed by atoms with Crippen molar-refractivity contribution in [3.05, 3.63) is 53.2 Å². The number of oxazole rings is 1. The molecule has 0 spiro atoms. The van der Waals surface area contributed by atoms with Gasteiger partial charge in [0.1, 0.15) is 5.76 Å². The molecule has 2 aromatic rings. The monoisotopic (exact) mass is 340 g/mol. The van der Waals surface area contributed by atoms with Crippen LogP contribution in [0, 0.1) is 12.8 Å². The van der Waals surface area contributed by atoms with E-state index in [-0.39, 0.29) is 18.4 Å². The van der Waals surface area contributed by atoms with Crippen LogP contribution >= 0.6 is 0 Å². The molecule has 4 nitrogen and oxygen atoms in total. The van der Waals surface area contributed by atoms with E-state index < -0.39 is 11.7 Å². The second-order valence-electron chi connectivity index (χ2n) is 5.59. The molecule has 24 heavy (non-hydrogen) atoms. The fraction of sp³-hybridized carbons (Fsp3) is 0.412. The lowest BCUT2D eigenvalue weighted by molar-refractivity contribution is -0.137. The molecule has 0 aliphatic carbocycles. The van der Waals surface area contributed by atoms with Crippen molar-refractivity contribution < 1.29 is 22.4 Å². The van der Waals surface area contributed by atoms with E-state index in [1.807, 2.05) is 6.92 Å². The second kappa shape index (κ2) is 7.51. The average Bonchev–Trinajstić information content (AvgIpc) is 2.95. The fourth-order valence-corrected chi connectivity index (χ4v) is 2.33. The first-order valence-electron chi connectivity index (χ1n) is 7.64. The Bertz CT molecular complexity index is 678. The third-order valence-electron chi connectivity index (χ3n) is 3.71. The number of amides is 1. The normalized spacial score (nSPS) is 12.9. The molecule has 1 atom stereocenters. The summed E-state index contributed by atoms with van der Waals surface area (Å²) in [5.41, 5.74) is -0.0000170. The number of aromatic nitrogens is 1. The summed E-state index contributed by atoms with van der Waals surface area (Å²) in [6, 6.07) is 4.90. The molecular weight excluding hydrogens is 321 g/mol.